The molecule has 0 saturated carbocycles. The van der Waals surface area contributed by atoms with E-state index in [1.54, 1.807) is 31.1 Å². The van der Waals surface area contributed by atoms with Gasteiger partial charge in [0.05, 0.1) is 11.1 Å². The van der Waals surface area contributed by atoms with E-state index in [1.165, 1.54) is 28.0 Å². The van der Waals surface area contributed by atoms with Crippen molar-refractivity contribution < 1.29 is 22.8 Å². The highest BCUT2D eigenvalue weighted by Gasteiger charge is 2.36. The number of nitrogens with zero attached hydrogens (tertiary/aromatic N) is 5. The van der Waals surface area contributed by atoms with Gasteiger partial charge in [-0.1, -0.05) is 12.1 Å². The minimum absolute atomic E-state index is 0.139. The van der Waals surface area contributed by atoms with Crippen LogP contribution < -0.4 is 4.90 Å². The Morgan fingerprint density at radius 3 is 2.00 bits per heavy atom. The molecule has 0 aliphatic carbocycles. The van der Waals surface area contributed by atoms with Crippen molar-refractivity contribution in [3.05, 3.63) is 53.2 Å². The van der Waals surface area contributed by atoms with E-state index in [9.17, 15) is 22.8 Å². The molecule has 1 aromatic carbocycles. The Balaban J connectivity index is 1.66. The molecule has 0 atom stereocenters. The smallest absolute Gasteiger partial charge is 0.361 e. The second-order valence-corrected chi connectivity index (χ2v) is 6.80. The van der Waals surface area contributed by atoms with Crippen LogP contribution in [-0.2, 0) is 6.18 Å². The second-order valence-electron chi connectivity index (χ2n) is 6.80. The first kappa shape index (κ1) is 20.6. The summed E-state index contributed by atoms with van der Waals surface area (Å²) in [4.78, 5) is 29.8. The van der Waals surface area contributed by atoms with Crippen LogP contribution in [0.15, 0.2) is 36.4 Å². The summed E-state index contributed by atoms with van der Waals surface area (Å²) in [6, 6.07) is 7.96. The molecule has 2 heterocycles. The molecule has 1 saturated heterocycles. The Bertz CT molecular complexity index is 891. The van der Waals surface area contributed by atoms with Gasteiger partial charge in [0.15, 0.2) is 11.5 Å². The molecule has 1 aliphatic rings. The van der Waals surface area contributed by atoms with Crippen molar-refractivity contribution in [3.63, 3.8) is 0 Å². The number of anilines is 1. The molecule has 0 bridgehead atoms. The summed E-state index contributed by atoms with van der Waals surface area (Å²) in [5, 5.41) is 7.89. The van der Waals surface area contributed by atoms with E-state index >= 15 is 0 Å². The van der Waals surface area contributed by atoms with Crippen LogP contribution in [0, 0.1) is 0 Å². The van der Waals surface area contributed by atoms with E-state index in [1.807, 2.05) is 0 Å². The fraction of sp³-hybridized carbons (Fsp3) is 0.368. The van der Waals surface area contributed by atoms with E-state index in [4.69, 9.17) is 0 Å². The van der Waals surface area contributed by atoms with Crippen molar-refractivity contribution in [1.82, 2.24) is 20.0 Å². The molecule has 29 heavy (non-hydrogen) atoms. The Kier molecular flexibility index (Phi) is 5.71. The van der Waals surface area contributed by atoms with Crippen LogP contribution in [0.5, 0.6) is 0 Å². The summed E-state index contributed by atoms with van der Waals surface area (Å²) >= 11 is 0. The van der Waals surface area contributed by atoms with Crippen molar-refractivity contribution in [2.45, 2.75) is 6.18 Å². The van der Waals surface area contributed by atoms with Gasteiger partial charge in [0.2, 0.25) is 0 Å². The molecule has 7 nitrogen and oxygen atoms in total. The van der Waals surface area contributed by atoms with Crippen LogP contribution in [0.4, 0.5) is 19.0 Å². The summed E-state index contributed by atoms with van der Waals surface area (Å²) in [6.07, 6.45) is -4.61. The normalized spacial score (nSPS) is 14.7. The first-order chi connectivity index (χ1) is 13.7. The van der Waals surface area contributed by atoms with Crippen molar-refractivity contribution >= 4 is 17.6 Å². The molecule has 1 fully saturated rings. The molecule has 0 spiro atoms. The van der Waals surface area contributed by atoms with Gasteiger partial charge in [0, 0.05) is 40.3 Å². The molecule has 0 unspecified atom stereocenters. The Hall–Kier alpha value is -3.17. The van der Waals surface area contributed by atoms with Gasteiger partial charge < -0.3 is 14.7 Å². The minimum atomic E-state index is -4.61. The monoisotopic (exact) mass is 407 g/mol. The van der Waals surface area contributed by atoms with Gasteiger partial charge in [-0.15, -0.1) is 10.2 Å². The van der Waals surface area contributed by atoms with Crippen LogP contribution >= 0.6 is 0 Å². The topological polar surface area (TPSA) is 69.6 Å². The first-order valence-corrected chi connectivity index (χ1v) is 8.94. The van der Waals surface area contributed by atoms with Gasteiger partial charge in [0.1, 0.15) is 0 Å². The number of benzene rings is 1. The van der Waals surface area contributed by atoms with Crippen molar-refractivity contribution in [2.75, 3.05) is 45.2 Å². The molecule has 154 valence electrons. The summed E-state index contributed by atoms with van der Waals surface area (Å²) in [6.45, 7) is 0.686. The quantitative estimate of drug-likeness (QED) is 0.780. The minimum Gasteiger partial charge on any atom is -0.361 e. The number of rotatable bonds is 3. The Morgan fingerprint density at radius 2 is 1.48 bits per heavy atom. The number of hydrogen-bond donors (Lipinski definition) is 0. The maximum Gasteiger partial charge on any atom is 0.417 e. The summed E-state index contributed by atoms with van der Waals surface area (Å²) in [5.74, 6) is -0.411. The van der Waals surface area contributed by atoms with Crippen molar-refractivity contribution in [3.8, 4) is 0 Å². The van der Waals surface area contributed by atoms with Crippen LogP contribution in [0.3, 0.4) is 0 Å². The predicted molar refractivity (Wildman–Crippen MR) is 99.6 cm³/mol. The number of halogens is 3. The number of carbonyl (C=O) groups is 2. The molecule has 10 heteroatoms. The lowest BCUT2D eigenvalue weighted by Crippen LogP contribution is -2.51. The lowest BCUT2D eigenvalue weighted by atomic mass is 10.1. The van der Waals surface area contributed by atoms with Gasteiger partial charge in [-0.05, 0) is 24.3 Å². The average molecular weight is 407 g/mol. The highest BCUT2D eigenvalue weighted by Crippen LogP contribution is 2.32. The van der Waals surface area contributed by atoms with Crippen LogP contribution in [-0.4, -0.2) is 72.1 Å². The highest BCUT2D eigenvalue weighted by atomic mass is 19.4. The van der Waals surface area contributed by atoms with Gasteiger partial charge in [-0.3, -0.25) is 9.59 Å². The lowest BCUT2D eigenvalue weighted by Gasteiger charge is -2.35. The second kappa shape index (κ2) is 8.06. The summed E-state index contributed by atoms with van der Waals surface area (Å²) < 4.78 is 39.5. The first-order valence-electron chi connectivity index (χ1n) is 8.94. The van der Waals surface area contributed by atoms with E-state index in [0.717, 1.165) is 6.07 Å². The SMILES string of the molecule is CN(C)c1ccc(C(=O)N2CCN(C(=O)c3ccccc3C(F)(F)F)CC2)nn1. The number of piperazine rings is 1. The molecular weight excluding hydrogens is 387 g/mol. The number of aromatic nitrogens is 2. The largest absolute Gasteiger partial charge is 0.417 e. The Morgan fingerprint density at radius 1 is 0.897 bits per heavy atom. The van der Waals surface area contributed by atoms with Gasteiger partial charge in [-0.2, -0.15) is 13.2 Å². The predicted octanol–water partition coefficient (Wildman–Crippen LogP) is 2.16. The van der Waals surface area contributed by atoms with Crippen molar-refractivity contribution in [1.29, 1.82) is 0 Å². The van der Waals surface area contributed by atoms with E-state index in [-0.39, 0.29) is 43.3 Å². The fourth-order valence-electron chi connectivity index (χ4n) is 3.04. The number of hydrogen-bond acceptors (Lipinski definition) is 5. The summed E-state index contributed by atoms with van der Waals surface area (Å²) in [5.41, 5.74) is -1.16. The third kappa shape index (κ3) is 4.47. The average Bonchev–Trinajstić information content (AvgIpc) is 2.72. The van der Waals surface area contributed by atoms with Crippen molar-refractivity contribution in [2.24, 2.45) is 0 Å². The molecule has 1 aromatic heterocycles. The maximum absolute atomic E-state index is 13.2. The summed E-state index contributed by atoms with van der Waals surface area (Å²) in [7, 11) is 3.61. The molecule has 1 aliphatic heterocycles. The van der Waals surface area contributed by atoms with Gasteiger partial charge in [-0.25, -0.2) is 0 Å². The number of carbonyl (C=O) groups excluding carboxylic acids is 2. The lowest BCUT2D eigenvalue weighted by molar-refractivity contribution is -0.138. The van der Waals surface area contributed by atoms with Gasteiger partial charge >= 0.3 is 6.18 Å². The molecule has 2 amide bonds. The zero-order valence-corrected chi connectivity index (χ0v) is 16.0. The van der Waals surface area contributed by atoms with E-state index in [2.05, 4.69) is 10.2 Å². The molecule has 3 rings (SSSR count). The maximum atomic E-state index is 13.2. The zero-order chi connectivity index (χ0) is 21.2. The zero-order valence-electron chi connectivity index (χ0n) is 16.0. The molecule has 0 N–H and O–H groups in total. The van der Waals surface area contributed by atoms with Crippen LogP contribution in [0.25, 0.3) is 0 Å². The van der Waals surface area contributed by atoms with Crippen LogP contribution in [0.2, 0.25) is 0 Å². The third-order valence-corrected chi connectivity index (χ3v) is 4.64. The standard InChI is InChI=1S/C19H20F3N5O2/c1-25(2)16-8-7-15(23-24-16)18(29)27-11-9-26(10-12-27)17(28)13-5-3-4-6-14(13)19(20,21)22/h3-8H,9-12H2,1-2H3. The molecular formula is C19H20F3N5O2. The third-order valence-electron chi connectivity index (χ3n) is 4.64. The number of amides is 2. The Labute approximate surface area is 165 Å². The molecule has 2 aromatic rings. The highest BCUT2D eigenvalue weighted by molar-refractivity contribution is 5.96. The molecule has 0 radical (unpaired) electrons. The van der Waals surface area contributed by atoms with E-state index < -0.39 is 17.6 Å². The fourth-order valence-corrected chi connectivity index (χ4v) is 3.04. The van der Waals surface area contributed by atoms with E-state index in [0.29, 0.717) is 5.82 Å². The number of alkyl halides is 3. The van der Waals surface area contributed by atoms with Crippen LogP contribution in [0.1, 0.15) is 26.4 Å². The van der Waals surface area contributed by atoms with Gasteiger partial charge in [0.25, 0.3) is 11.8 Å².